The second kappa shape index (κ2) is 5.47. The molecule has 4 N–H and O–H groups in total. The van der Waals surface area contributed by atoms with E-state index in [9.17, 15) is 4.39 Å². The second-order valence-electron chi connectivity index (χ2n) is 4.60. The molecule has 3 nitrogen and oxygen atoms in total. The number of hydrogen-bond acceptors (Lipinski definition) is 3. The average molecular weight is 237 g/mol. The molecule has 1 saturated heterocycles. The molecule has 17 heavy (non-hydrogen) atoms. The largest absolute Gasteiger partial charge is 0.369 e. The van der Waals surface area contributed by atoms with Crippen LogP contribution in [0.25, 0.3) is 0 Å². The lowest BCUT2D eigenvalue weighted by Crippen LogP contribution is -2.30. The van der Waals surface area contributed by atoms with E-state index in [-0.39, 0.29) is 11.9 Å². The number of hydrogen-bond donors (Lipinski definition) is 2. The molecule has 1 aromatic rings. The van der Waals surface area contributed by atoms with Gasteiger partial charge in [-0.2, -0.15) is 0 Å². The van der Waals surface area contributed by atoms with Gasteiger partial charge in [-0.25, -0.2) is 4.39 Å². The van der Waals surface area contributed by atoms with Crippen LogP contribution in [0.1, 0.15) is 30.9 Å². The highest BCUT2D eigenvalue weighted by atomic mass is 19.1. The van der Waals surface area contributed by atoms with Gasteiger partial charge in [-0.1, -0.05) is 6.07 Å². The summed E-state index contributed by atoms with van der Waals surface area (Å²) >= 11 is 0. The van der Waals surface area contributed by atoms with Crippen LogP contribution in [-0.4, -0.2) is 19.6 Å². The van der Waals surface area contributed by atoms with Gasteiger partial charge in [-0.3, -0.25) is 0 Å². The summed E-state index contributed by atoms with van der Waals surface area (Å²) in [4.78, 5) is 2.11. The molecule has 1 fully saturated rings. The molecule has 1 heterocycles. The lowest BCUT2D eigenvalue weighted by atomic mass is 10.1. The molecule has 94 valence electrons. The molecule has 0 aromatic heterocycles. The molecule has 4 heteroatoms. The molecule has 2 rings (SSSR count). The van der Waals surface area contributed by atoms with E-state index in [1.165, 1.54) is 12.5 Å². The van der Waals surface area contributed by atoms with Crippen LogP contribution in [0.15, 0.2) is 18.2 Å². The summed E-state index contributed by atoms with van der Waals surface area (Å²) in [6.07, 6.45) is 3.53. The van der Waals surface area contributed by atoms with Crippen molar-refractivity contribution in [3.8, 4) is 0 Å². The molecule has 0 amide bonds. The molecule has 1 atom stereocenters. The van der Waals surface area contributed by atoms with E-state index >= 15 is 0 Å². The molecule has 0 saturated carbocycles. The molecule has 0 aliphatic carbocycles. The quantitative estimate of drug-likeness (QED) is 0.842. The highest BCUT2D eigenvalue weighted by molar-refractivity contribution is 5.49. The van der Waals surface area contributed by atoms with Gasteiger partial charge in [0.1, 0.15) is 5.82 Å². The predicted molar refractivity (Wildman–Crippen MR) is 68.4 cm³/mol. The van der Waals surface area contributed by atoms with Crippen LogP contribution in [0, 0.1) is 5.82 Å². The zero-order valence-corrected chi connectivity index (χ0v) is 10.0. The number of rotatable bonds is 3. The van der Waals surface area contributed by atoms with Crippen molar-refractivity contribution >= 4 is 5.69 Å². The molecule has 1 aromatic carbocycles. The first kappa shape index (κ1) is 12.3. The first-order chi connectivity index (χ1) is 8.22. The molecule has 1 aliphatic rings. The Morgan fingerprint density at radius 3 is 2.53 bits per heavy atom. The minimum atomic E-state index is -0.278. The maximum atomic E-state index is 14.0. The molecule has 1 aliphatic heterocycles. The SMILES string of the molecule is NC[C@@H](N)c1ccc(N2CCCCC2)c(F)c1. The van der Waals surface area contributed by atoms with E-state index < -0.39 is 0 Å². The van der Waals surface area contributed by atoms with Crippen molar-refractivity contribution in [2.45, 2.75) is 25.3 Å². The normalized spacial score (nSPS) is 18.2. The fourth-order valence-electron chi connectivity index (χ4n) is 2.28. The van der Waals surface area contributed by atoms with Crippen molar-refractivity contribution in [1.82, 2.24) is 0 Å². The Morgan fingerprint density at radius 1 is 1.24 bits per heavy atom. The summed E-state index contributed by atoms with van der Waals surface area (Å²) in [6, 6.07) is 4.94. The molecule has 0 unspecified atom stereocenters. The smallest absolute Gasteiger partial charge is 0.146 e. The monoisotopic (exact) mass is 237 g/mol. The van der Waals surface area contributed by atoms with E-state index in [1.54, 1.807) is 0 Å². The highest BCUT2D eigenvalue weighted by Crippen LogP contribution is 2.25. The van der Waals surface area contributed by atoms with Gasteiger partial charge < -0.3 is 16.4 Å². The Hall–Kier alpha value is -1.13. The van der Waals surface area contributed by atoms with Gasteiger partial charge in [0.2, 0.25) is 0 Å². The molecular formula is C13H20FN3. The van der Waals surface area contributed by atoms with E-state index in [1.807, 2.05) is 12.1 Å². The van der Waals surface area contributed by atoms with Crippen LogP contribution in [0.2, 0.25) is 0 Å². The number of anilines is 1. The summed E-state index contributed by atoms with van der Waals surface area (Å²) in [5, 5.41) is 0. The lowest BCUT2D eigenvalue weighted by molar-refractivity contribution is 0.555. The van der Waals surface area contributed by atoms with E-state index in [4.69, 9.17) is 11.5 Å². The maximum absolute atomic E-state index is 14.0. The average Bonchev–Trinajstić information content (AvgIpc) is 2.38. The van der Waals surface area contributed by atoms with Crippen LogP contribution in [0.4, 0.5) is 10.1 Å². The topological polar surface area (TPSA) is 55.3 Å². The number of nitrogens with zero attached hydrogens (tertiary/aromatic N) is 1. The van der Waals surface area contributed by atoms with Gasteiger partial charge in [0.25, 0.3) is 0 Å². The summed E-state index contributed by atoms with van der Waals surface area (Å²) in [5.41, 5.74) is 12.7. The van der Waals surface area contributed by atoms with Crippen molar-refractivity contribution in [2.75, 3.05) is 24.5 Å². The Bertz CT molecular complexity index is 375. The standard InChI is InChI=1S/C13H20FN3/c14-11-8-10(12(16)9-15)4-5-13(11)17-6-2-1-3-7-17/h4-5,8,12H,1-3,6-7,9,15-16H2/t12-/m1/s1. The van der Waals surface area contributed by atoms with Gasteiger partial charge >= 0.3 is 0 Å². The second-order valence-corrected chi connectivity index (χ2v) is 4.60. The van der Waals surface area contributed by atoms with Crippen molar-refractivity contribution in [3.63, 3.8) is 0 Å². The highest BCUT2D eigenvalue weighted by Gasteiger charge is 2.15. The van der Waals surface area contributed by atoms with Gasteiger partial charge in [-0.05, 0) is 37.0 Å². The van der Waals surface area contributed by atoms with E-state index in [0.717, 1.165) is 31.5 Å². The van der Waals surface area contributed by atoms with Crippen LogP contribution >= 0.6 is 0 Å². The first-order valence-electron chi connectivity index (χ1n) is 6.22. The van der Waals surface area contributed by atoms with Gasteiger partial charge in [0.15, 0.2) is 0 Å². The number of piperidine rings is 1. The van der Waals surface area contributed by atoms with Crippen molar-refractivity contribution in [3.05, 3.63) is 29.6 Å². The van der Waals surface area contributed by atoms with E-state index in [2.05, 4.69) is 4.90 Å². The van der Waals surface area contributed by atoms with Crippen LogP contribution in [0.5, 0.6) is 0 Å². The number of halogens is 1. The van der Waals surface area contributed by atoms with Gasteiger partial charge in [0, 0.05) is 25.7 Å². The van der Waals surface area contributed by atoms with Crippen molar-refractivity contribution < 1.29 is 4.39 Å². The van der Waals surface area contributed by atoms with Gasteiger partial charge in [-0.15, -0.1) is 0 Å². The summed E-state index contributed by atoms with van der Waals surface area (Å²) < 4.78 is 14.0. The third kappa shape index (κ3) is 2.76. The Morgan fingerprint density at radius 2 is 1.94 bits per heavy atom. The van der Waals surface area contributed by atoms with Crippen LogP contribution in [0.3, 0.4) is 0 Å². The van der Waals surface area contributed by atoms with Crippen molar-refractivity contribution in [1.29, 1.82) is 0 Å². The third-order valence-electron chi connectivity index (χ3n) is 3.35. The number of nitrogens with two attached hydrogens (primary N) is 2. The predicted octanol–water partition coefficient (Wildman–Crippen LogP) is 1.77. The fourth-order valence-corrected chi connectivity index (χ4v) is 2.28. The Kier molecular flexibility index (Phi) is 3.97. The van der Waals surface area contributed by atoms with Crippen molar-refractivity contribution in [2.24, 2.45) is 11.5 Å². The fraction of sp³-hybridized carbons (Fsp3) is 0.538. The maximum Gasteiger partial charge on any atom is 0.146 e. The molecular weight excluding hydrogens is 217 g/mol. The lowest BCUT2D eigenvalue weighted by Gasteiger charge is -2.29. The molecule has 0 spiro atoms. The summed E-state index contributed by atoms with van der Waals surface area (Å²) in [6.45, 7) is 2.22. The summed E-state index contributed by atoms with van der Waals surface area (Å²) in [5.74, 6) is -0.187. The van der Waals surface area contributed by atoms with E-state index in [0.29, 0.717) is 12.2 Å². The Balaban J connectivity index is 2.18. The van der Waals surface area contributed by atoms with Crippen LogP contribution < -0.4 is 16.4 Å². The van der Waals surface area contributed by atoms with Crippen LogP contribution in [-0.2, 0) is 0 Å². The third-order valence-corrected chi connectivity index (χ3v) is 3.35. The molecule has 0 radical (unpaired) electrons. The van der Waals surface area contributed by atoms with Gasteiger partial charge in [0.05, 0.1) is 5.69 Å². The minimum absolute atomic E-state index is 0.187. The Labute approximate surface area is 102 Å². The summed E-state index contributed by atoms with van der Waals surface area (Å²) in [7, 11) is 0. The number of benzene rings is 1. The molecule has 0 bridgehead atoms. The minimum Gasteiger partial charge on any atom is -0.369 e. The zero-order chi connectivity index (χ0) is 12.3. The zero-order valence-electron chi connectivity index (χ0n) is 10.0. The first-order valence-corrected chi connectivity index (χ1v) is 6.22.